The van der Waals surface area contributed by atoms with Crippen LogP contribution in [0.15, 0.2) is 30.3 Å². The predicted octanol–water partition coefficient (Wildman–Crippen LogP) is 4.50. The molecule has 0 bridgehead atoms. The number of rotatable bonds is 3. The van der Waals surface area contributed by atoms with Gasteiger partial charge in [0.25, 0.3) is 0 Å². The molecule has 4 heteroatoms. The van der Waals surface area contributed by atoms with Crippen molar-refractivity contribution in [2.75, 3.05) is 5.33 Å². The van der Waals surface area contributed by atoms with E-state index >= 15 is 0 Å². The molecule has 0 aliphatic heterocycles. The normalized spacial score (nSPS) is 12.3. The van der Waals surface area contributed by atoms with Crippen molar-refractivity contribution in [3.05, 3.63) is 41.5 Å². The summed E-state index contributed by atoms with van der Waals surface area (Å²) >= 11 is 3.21. The minimum absolute atomic E-state index is 0.214. The summed E-state index contributed by atoms with van der Waals surface area (Å²) in [5, 5.41) is 0.748. The van der Waals surface area contributed by atoms with E-state index in [1.807, 2.05) is 0 Å². The lowest BCUT2D eigenvalue weighted by Gasteiger charge is -2.09. The van der Waals surface area contributed by atoms with E-state index in [-0.39, 0.29) is 5.56 Å². The second kappa shape index (κ2) is 5.35. The van der Waals surface area contributed by atoms with Gasteiger partial charge in [-0.3, -0.25) is 0 Å². The van der Waals surface area contributed by atoms with Gasteiger partial charge >= 0.3 is 6.18 Å². The van der Waals surface area contributed by atoms with Gasteiger partial charge in [-0.1, -0.05) is 46.3 Å². The highest BCUT2D eigenvalue weighted by Gasteiger charge is 2.32. The highest BCUT2D eigenvalue weighted by Crippen LogP contribution is 2.32. The molecule has 0 saturated heterocycles. The first-order chi connectivity index (χ1) is 7.05. The second-order valence-electron chi connectivity index (χ2n) is 2.97. The van der Waals surface area contributed by atoms with Crippen molar-refractivity contribution in [3.63, 3.8) is 0 Å². The van der Waals surface area contributed by atoms with E-state index in [0.29, 0.717) is 6.42 Å². The minimum Gasteiger partial charge on any atom is -0.166 e. The molecule has 1 aromatic rings. The molecule has 0 nitrogen and oxygen atoms in total. The molecule has 0 aliphatic rings. The summed E-state index contributed by atoms with van der Waals surface area (Å²) in [5.74, 6) is 0. The van der Waals surface area contributed by atoms with E-state index in [9.17, 15) is 13.2 Å². The van der Waals surface area contributed by atoms with Crippen molar-refractivity contribution < 1.29 is 13.2 Å². The topological polar surface area (TPSA) is 0 Å². The van der Waals surface area contributed by atoms with Gasteiger partial charge in [0, 0.05) is 5.33 Å². The molecular weight excluding hydrogens is 269 g/mol. The Kier molecular flexibility index (Phi) is 4.39. The quantitative estimate of drug-likeness (QED) is 0.714. The number of halogens is 4. The number of benzene rings is 1. The SMILES string of the molecule is FC(F)(F)c1ccccc1/C=C/CCBr. The average Bonchev–Trinajstić information content (AvgIpc) is 2.17. The summed E-state index contributed by atoms with van der Waals surface area (Å²) in [5.41, 5.74) is -0.373. The molecule has 0 saturated carbocycles. The van der Waals surface area contributed by atoms with Crippen LogP contribution in [0.2, 0.25) is 0 Å². The molecule has 0 atom stereocenters. The first-order valence-electron chi connectivity index (χ1n) is 4.44. The number of allylic oxidation sites excluding steroid dienone is 1. The summed E-state index contributed by atoms with van der Waals surface area (Å²) in [6, 6.07) is 5.55. The fourth-order valence-electron chi connectivity index (χ4n) is 1.17. The highest BCUT2D eigenvalue weighted by atomic mass is 79.9. The van der Waals surface area contributed by atoms with Crippen molar-refractivity contribution in [3.8, 4) is 0 Å². The fourth-order valence-corrected chi connectivity index (χ4v) is 1.44. The zero-order chi connectivity index (χ0) is 11.3. The first-order valence-corrected chi connectivity index (χ1v) is 5.56. The first kappa shape index (κ1) is 12.3. The molecule has 0 spiro atoms. The Morgan fingerprint density at radius 3 is 2.47 bits per heavy atom. The van der Waals surface area contributed by atoms with Gasteiger partial charge in [-0.2, -0.15) is 13.2 Å². The van der Waals surface area contributed by atoms with Crippen molar-refractivity contribution in [1.29, 1.82) is 0 Å². The van der Waals surface area contributed by atoms with Crippen LogP contribution in [0.1, 0.15) is 17.5 Å². The van der Waals surface area contributed by atoms with Gasteiger partial charge in [-0.25, -0.2) is 0 Å². The number of hydrogen-bond donors (Lipinski definition) is 0. The third kappa shape index (κ3) is 3.70. The molecule has 0 aromatic heterocycles. The standard InChI is InChI=1S/C11H10BrF3/c12-8-4-3-6-9-5-1-2-7-10(9)11(13,14)15/h1-3,5-7H,4,8H2/b6-3+. The molecule has 82 valence electrons. The van der Waals surface area contributed by atoms with Gasteiger partial charge in [-0.05, 0) is 18.1 Å². The van der Waals surface area contributed by atoms with Crippen LogP contribution in [0, 0.1) is 0 Å². The van der Waals surface area contributed by atoms with Crippen LogP contribution < -0.4 is 0 Å². The summed E-state index contributed by atoms with van der Waals surface area (Å²) in [4.78, 5) is 0. The van der Waals surface area contributed by atoms with E-state index < -0.39 is 11.7 Å². The highest BCUT2D eigenvalue weighted by molar-refractivity contribution is 9.09. The maximum absolute atomic E-state index is 12.5. The van der Waals surface area contributed by atoms with Gasteiger partial charge in [0.05, 0.1) is 5.56 Å². The monoisotopic (exact) mass is 278 g/mol. The third-order valence-electron chi connectivity index (χ3n) is 1.84. The Bertz CT molecular complexity index is 342. The maximum Gasteiger partial charge on any atom is 0.416 e. The zero-order valence-corrected chi connectivity index (χ0v) is 9.48. The number of hydrogen-bond acceptors (Lipinski definition) is 0. The van der Waals surface area contributed by atoms with Gasteiger partial charge in [-0.15, -0.1) is 0 Å². The maximum atomic E-state index is 12.5. The third-order valence-corrected chi connectivity index (χ3v) is 2.30. The largest absolute Gasteiger partial charge is 0.416 e. The molecule has 0 aliphatic carbocycles. The molecule has 15 heavy (non-hydrogen) atoms. The van der Waals surface area contributed by atoms with Crippen LogP contribution in [0.25, 0.3) is 6.08 Å². The van der Waals surface area contributed by atoms with Crippen LogP contribution in [-0.2, 0) is 6.18 Å². The van der Waals surface area contributed by atoms with Crippen LogP contribution in [-0.4, -0.2) is 5.33 Å². The summed E-state index contributed by atoms with van der Waals surface area (Å²) in [6.45, 7) is 0. The van der Waals surface area contributed by atoms with Crippen LogP contribution in [0.4, 0.5) is 13.2 Å². The van der Waals surface area contributed by atoms with Crippen molar-refractivity contribution >= 4 is 22.0 Å². The smallest absolute Gasteiger partial charge is 0.166 e. The van der Waals surface area contributed by atoms with Crippen molar-refractivity contribution in [1.82, 2.24) is 0 Å². The molecule has 0 unspecified atom stereocenters. The Morgan fingerprint density at radius 1 is 1.20 bits per heavy atom. The summed E-state index contributed by atoms with van der Waals surface area (Å²) in [7, 11) is 0. The van der Waals surface area contributed by atoms with E-state index in [1.165, 1.54) is 18.2 Å². The van der Waals surface area contributed by atoms with Gasteiger partial charge in [0.15, 0.2) is 0 Å². The lowest BCUT2D eigenvalue weighted by atomic mass is 10.1. The van der Waals surface area contributed by atoms with Gasteiger partial charge in [0.1, 0.15) is 0 Å². The Hall–Kier alpha value is -0.770. The van der Waals surface area contributed by atoms with Gasteiger partial charge < -0.3 is 0 Å². The van der Waals surface area contributed by atoms with Crippen molar-refractivity contribution in [2.24, 2.45) is 0 Å². The lowest BCUT2D eigenvalue weighted by molar-refractivity contribution is -0.137. The van der Waals surface area contributed by atoms with Crippen molar-refractivity contribution in [2.45, 2.75) is 12.6 Å². The summed E-state index contributed by atoms with van der Waals surface area (Å²) < 4.78 is 37.5. The molecule has 1 rings (SSSR count). The molecule has 0 heterocycles. The second-order valence-corrected chi connectivity index (χ2v) is 3.76. The number of alkyl halides is 4. The Morgan fingerprint density at radius 2 is 1.87 bits per heavy atom. The van der Waals surface area contributed by atoms with E-state index in [1.54, 1.807) is 12.1 Å². The molecule has 0 N–H and O–H groups in total. The summed E-state index contributed by atoms with van der Waals surface area (Å²) in [6.07, 6.45) is -0.342. The molecule has 0 radical (unpaired) electrons. The molecule has 0 amide bonds. The van der Waals surface area contributed by atoms with Crippen LogP contribution >= 0.6 is 15.9 Å². The average molecular weight is 279 g/mol. The molecular formula is C11H10BrF3. The molecule has 0 fully saturated rings. The van der Waals surface area contributed by atoms with Crippen LogP contribution in [0.5, 0.6) is 0 Å². The lowest BCUT2D eigenvalue weighted by Crippen LogP contribution is -2.06. The van der Waals surface area contributed by atoms with Gasteiger partial charge in [0.2, 0.25) is 0 Å². The fraction of sp³-hybridized carbons (Fsp3) is 0.273. The Balaban J connectivity index is 2.97. The van der Waals surface area contributed by atoms with E-state index in [2.05, 4.69) is 15.9 Å². The van der Waals surface area contributed by atoms with E-state index in [0.717, 1.165) is 11.4 Å². The minimum atomic E-state index is -4.28. The molecule has 1 aromatic carbocycles. The van der Waals surface area contributed by atoms with Crippen LogP contribution in [0.3, 0.4) is 0 Å². The Labute approximate surface area is 94.9 Å². The predicted molar refractivity (Wildman–Crippen MR) is 58.9 cm³/mol. The zero-order valence-electron chi connectivity index (χ0n) is 7.89. The van der Waals surface area contributed by atoms with E-state index in [4.69, 9.17) is 0 Å².